The van der Waals surface area contributed by atoms with Gasteiger partial charge in [0.1, 0.15) is 5.82 Å². The maximum Gasteiger partial charge on any atom is 0.224 e. The molecule has 0 saturated carbocycles. The molecule has 1 aromatic rings. The zero-order valence-electron chi connectivity index (χ0n) is 11.5. The first kappa shape index (κ1) is 14.7. The van der Waals surface area contributed by atoms with E-state index in [1.807, 2.05) is 13.0 Å². The number of rotatable bonds is 8. The van der Waals surface area contributed by atoms with Crippen LogP contribution in [0.25, 0.3) is 0 Å². The predicted octanol–water partition coefficient (Wildman–Crippen LogP) is 2.18. The quantitative estimate of drug-likeness (QED) is 0.661. The maximum atomic E-state index is 8.80. The predicted molar refractivity (Wildman–Crippen MR) is 75.0 cm³/mol. The molecular formula is C13H24N4O. The fraction of sp³-hybridized carbons (Fsp3) is 0.692. The fourth-order valence-corrected chi connectivity index (χ4v) is 1.68. The van der Waals surface area contributed by atoms with Gasteiger partial charge in [-0.25, -0.2) is 4.98 Å². The normalized spacial score (nSPS) is 12.2. The molecule has 102 valence electrons. The van der Waals surface area contributed by atoms with Crippen molar-refractivity contribution in [2.24, 2.45) is 0 Å². The van der Waals surface area contributed by atoms with Gasteiger partial charge in [0.05, 0.1) is 0 Å². The number of anilines is 2. The highest BCUT2D eigenvalue weighted by Crippen LogP contribution is 2.12. The van der Waals surface area contributed by atoms with Crippen molar-refractivity contribution in [1.29, 1.82) is 0 Å². The summed E-state index contributed by atoms with van der Waals surface area (Å²) >= 11 is 0. The lowest BCUT2D eigenvalue weighted by Crippen LogP contribution is -2.17. The Morgan fingerprint density at radius 1 is 1.39 bits per heavy atom. The Hall–Kier alpha value is -1.36. The molecule has 0 saturated heterocycles. The molecule has 5 heteroatoms. The highest BCUT2D eigenvalue weighted by atomic mass is 16.2. The van der Waals surface area contributed by atoms with Gasteiger partial charge in [-0.3, -0.25) is 0 Å². The largest absolute Gasteiger partial charge is 0.396 e. The van der Waals surface area contributed by atoms with Crippen molar-refractivity contribution < 1.29 is 5.11 Å². The Morgan fingerprint density at radius 3 is 2.83 bits per heavy atom. The zero-order chi connectivity index (χ0) is 13.4. The van der Waals surface area contributed by atoms with Gasteiger partial charge in [0.25, 0.3) is 0 Å². The van der Waals surface area contributed by atoms with Gasteiger partial charge < -0.3 is 15.7 Å². The van der Waals surface area contributed by atoms with Crippen molar-refractivity contribution in [3.05, 3.63) is 11.8 Å². The van der Waals surface area contributed by atoms with Gasteiger partial charge in [-0.1, -0.05) is 6.92 Å². The average Bonchev–Trinajstić information content (AvgIpc) is 2.33. The number of aromatic nitrogens is 2. The van der Waals surface area contributed by atoms with Crippen molar-refractivity contribution >= 4 is 11.8 Å². The van der Waals surface area contributed by atoms with Gasteiger partial charge in [-0.05, 0) is 33.1 Å². The van der Waals surface area contributed by atoms with Crippen LogP contribution in [-0.4, -0.2) is 34.3 Å². The van der Waals surface area contributed by atoms with Crippen LogP contribution in [-0.2, 0) is 0 Å². The fourth-order valence-electron chi connectivity index (χ4n) is 1.68. The first-order valence-electron chi connectivity index (χ1n) is 6.62. The van der Waals surface area contributed by atoms with Gasteiger partial charge in [-0.15, -0.1) is 0 Å². The molecule has 1 heterocycles. The minimum atomic E-state index is 0.234. The molecular weight excluding hydrogens is 228 g/mol. The number of aliphatic hydroxyl groups excluding tert-OH is 1. The first-order chi connectivity index (χ1) is 8.65. The SMILES string of the molecule is CCCNc1nc(C)cc(NC(C)CCCO)n1. The topological polar surface area (TPSA) is 70.1 Å². The van der Waals surface area contributed by atoms with Crippen LogP contribution in [0.1, 0.15) is 38.8 Å². The van der Waals surface area contributed by atoms with Crippen molar-refractivity contribution in [1.82, 2.24) is 9.97 Å². The molecule has 18 heavy (non-hydrogen) atoms. The highest BCUT2D eigenvalue weighted by molar-refractivity contribution is 5.42. The van der Waals surface area contributed by atoms with Crippen molar-refractivity contribution in [2.45, 2.75) is 46.1 Å². The summed E-state index contributed by atoms with van der Waals surface area (Å²) < 4.78 is 0. The van der Waals surface area contributed by atoms with E-state index >= 15 is 0 Å². The van der Waals surface area contributed by atoms with Crippen molar-refractivity contribution in [3.8, 4) is 0 Å². The number of aliphatic hydroxyl groups is 1. The molecule has 0 fully saturated rings. The lowest BCUT2D eigenvalue weighted by Gasteiger charge is -2.15. The molecule has 0 aliphatic heterocycles. The number of aryl methyl sites for hydroxylation is 1. The zero-order valence-corrected chi connectivity index (χ0v) is 11.5. The molecule has 0 aromatic carbocycles. The Labute approximate surface area is 109 Å². The summed E-state index contributed by atoms with van der Waals surface area (Å²) in [5, 5.41) is 15.3. The van der Waals surface area contributed by atoms with Crippen LogP contribution in [0.2, 0.25) is 0 Å². The van der Waals surface area contributed by atoms with E-state index in [0.29, 0.717) is 12.0 Å². The second-order valence-corrected chi connectivity index (χ2v) is 4.56. The standard InChI is InChI=1S/C13H24N4O/c1-4-7-14-13-16-11(3)9-12(17-13)15-10(2)6-5-8-18/h9-10,18H,4-8H2,1-3H3,(H2,14,15,16,17). The van der Waals surface area contributed by atoms with E-state index in [1.165, 1.54) is 0 Å². The molecule has 5 nitrogen and oxygen atoms in total. The first-order valence-corrected chi connectivity index (χ1v) is 6.62. The summed E-state index contributed by atoms with van der Waals surface area (Å²) in [6.07, 6.45) is 2.78. The molecule has 0 bridgehead atoms. The van der Waals surface area contributed by atoms with Crippen LogP contribution in [0.15, 0.2) is 6.07 Å². The van der Waals surface area contributed by atoms with Crippen LogP contribution >= 0.6 is 0 Å². The minimum Gasteiger partial charge on any atom is -0.396 e. The van der Waals surface area contributed by atoms with E-state index < -0.39 is 0 Å². The molecule has 3 N–H and O–H groups in total. The van der Waals surface area contributed by atoms with Crippen LogP contribution in [0.4, 0.5) is 11.8 Å². The third-order valence-corrected chi connectivity index (χ3v) is 2.58. The second kappa shape index (κ2) is 7.87. The number of hydrogen-bond acceptors (Lipinski definition) is 5. The third-order valence-electron chi connectivity index (χ3n) is 2.58. The lowest BCUT2D eigenvalue weighted by molar-refractivity contribution is 0.282. The summed E-state index contributed by atoms with van der Waals surface area (Å²) in [6, 6.07) is 2.23. The van der Waals surface area contributed by atoms with E-state index in [-0.39, 0.29) is 6.61 Å². The van der Waals surface area contributed by atoms with Crippen LogP contribution in [0.3, 0.4) is 0 Å². The van der Waals surface area contributed by atoms with E-state index in [2.05, 4.69) is 34.4 Å². The van der Waals surface area contributed by atoms with Gasteiger partial charge in [0.2, 0.25) is 5.95 Å². The van der Waals surface area contributed by atoms with E-state index in [0.717, 1.165) is 37.3 Å². The Balaban J connectivity index is 2.61. The van der Waals surface area contributed by atoms with Crippen LogP contribution in [0.5, 0.6) is 0 Å². The Bertz CT molecular complexity index is 357. The van der Waals surface area contributed by atoms with Gasteiger partial charge >= 0.3 is 0 Å². The minimum absolute atomic E-state index is 0.234. The smallest absolute Gasteiger partial charge is 0.224 e. The molecule has 0 aliphatic carbocycles. The molecule has 0 spiro atoms. The van der Waals surface area contributed by atoms with E-state index in [4.69, 9.17) is 5.11 Å². The number of nitrogens with one attached hydrogen (secondary N) is 2. The lowest BCUT2D eigenvalue weighted by atomic mass is 10.2. The Kier molecular flexibility index (Phi) is 6.43. The van der Waals surface area contributed by atoms with Crippen LogP contribution in [0, 0.1) is 6.92 Å². The monoisotopic (exact) mass is 252 g/mol. The Morgan fingerprint density at radius 2 is 2.17 bits per heavy atom. The van der Waals surface area contributed by atoms with Gasteiger partial charge in [0, 0.05) is 31.0 Å². The summed E-state index contributed by atoms with van der Waals surface area (Å²) in [7, 11) is 0. The summed E-state index contributed by atoms with van der Waals surface area (Å²) in [5.74, 6) is 1.51. The summed E-state index contributed by atoms with van der Waals surface area (Å²) in [6.45, 7) is 7.27. The molecule has 1 atom stereocenters. The molecule has 1 unspecified atom stereocenters. The van der Waals surface area contributed by atoms with Crippen molar-refractivity contribution in [3.63, 3.8) is 0 Å². The maximum absolute atomic E-state index is 8.80. The number of hydrogen-bond donors (Lipinski definition) is 3. The molecule has 1 rings (SSSR count). The second-order valence-electron chi connectivity index (χ2n) is 4.56. The molecule has 0 amide bonds. The number of nitrogens with zero attached hydrogens (tertiary/aromatic N) is 2. The van der Waals surface area contributed by atoms with Gasteiger partial charge in [0.15, 0.2) is 0 Å². The molecule has 1 aromatic heterocycles. The van der Waals surface area contributed by atoms with E-state index in [1.54, 1.807) is 0 Å². The average molecular weight is 252 g/mol. The van der Waals surface area contributed by atoms with E-state index in [9.17, 15) is 0 Å². The third kappa shape index (κ3) is 5.31. The highest BCUT2D eigenvalue weighted by Gasteiger charge is 2.05. The molecule has 0 aliphatic rings. The summed E-state index contributed by atoms with van der Waals surface area (Å²) in [4.78, 5) is 8.76. The molecule has 0 radical (unpaired) electrons. The van der Waals surface area contributed by atoms with Crippen molar-refractivity contribution in [2.75, 3.05) is 23.8 Å². The van der Waals surface area contributed by atoms with Crippen LogP contribution < -0.4 is 10.6 Å². The van der Waals surface area contributed by atoms with Gasteiger partial charge in [-0.2, -0.15) is 4.98 Å². The summed E-state index contributed by atoms with van der Waals surface area (Å²) in [5.41, 5.74) is 0.945.